The van der Waals surface area contributed by atoms with Gasteiger partial charge in [-0.1, -0.05) is 13.8 Å². The Labute approximate surface area is 92.4 Å². The van der Waals surface area contributed by atoms with Crippen LogP contribution in [0.15, 0.2) is 0 Å². The molecule has 0 spiro atoms. The lowest BCUT2D eigenvalue weighted by molar-refractivity contribution is -0.135. The van der Waals surface area contributed by atoms with Gasteiger partial charge < -0.3 is 10.6 Å². The molecule has 1 heterocycles. The summed E-state index contributed by atoms with van der Waals surface area (Å²) in [5.41, 5.74) is 5.76. The van der Waals surface area contributed by atoms with Gasteiger partial charge in [0.2, 0.25) is 5.91 Å². The molecule has 4 nitrogen and oxygen atoms in total. The molecule has 0 aromatic carbocycles. The fourth-order valence-electron chi connectivity index (χ4n) is 2.07. The van der Waals surface area contributed by atoms with Gasteiger partial charge in [0.15, 0.2) is 0 Å². The molecule has 0 bridgehead atoms. The number of nitrogens with two attached hydrogens (primary N) is 1. The number of carbonyl (C=O) groups is 1. The van der Waals surface area contributed by atoms with E-state index >= 15 is 0 Å². The third-order valence-corrected chi connectivity index (χ3v) is 3.24. The summed E-state index contributed by atoms with van der Waals surface area (Å²) in [7, 11) is 0. The first-order valence-electron chi connectivity index (χ1n) is 5.88. The molecule has 1 rings (SSSR count). The topological polar surface area (TPSA) is 49.6 Å². The molecule has 0 aromatic rings. The van der Waals surface area contributed by atoms with Crippen LogP contribution in [0.5, 0.6) is 0 Å². The Morgan fingerprint density at radius 1 is 1.47 bits per heavy atom. The largest absolute Gasteiger partial charge is 0.339 e. The summed E-state index contributed by atoms with van der Waals surface area (Å²) in [6.07, 6.45) is 0.723. The molecule has 4 heteroatoms. The highest BCUT2D eigenvalue weighted by molar-refractivity contribution is 5.81. The molecule has 0 radical (unpaired) electrons. The lowest BCUT2D eigenvalue weighted by Crippen LogP contribution is -2.56. The van der Waals surface area contributed by atoms with E-state index in [4.69, 9.17) is 5.73 Å². The zero-order chi connectivity index (χ0) is 11.4. The van der Waals surface area contributed by atoms with Crippen LogP contribution in [0.2, 0.25) is 0 Å². The number of rotatable bonds is 3. The molecular formula is C11H23N3O. The zero-order valence-corrected chi connectivity index (χ0v) is 10.1. The van der Waals surface area contributed by atoms with Crippen molar-refractivity contribution in [3.63, 3.8) is 0 Å². The molecule has 1 fully saturated rings. The second-order valence-electron chi connectivity index (χ2n) is 4.28. The first-order valence-corrected chi connectivity index (χ1v) is 5.88. The third kappa shape index (κ3) is 2.92. The van der Waals surface area contributed by atoms with Gasteiger partial charge in [-0.25, -0.2) is 0 Å². The minimum atomic E-state index is -0.314. The minimum Gasteiger partial charge on any atom is -0.339 e. The number of hydrogen-bond acceptors (Lipinski definition) is 3. The normalized spacial score (nSPS) is 25.3. The van der Waals surface area contributed by atoms with Crippen LogP contribution in [-0.4, -0.2) is 54.0 Å². The number of amides is 1. The summed E-state index contributed by atoms with van der Waals surface area (Å²) in [5.74, 6) is 0.111. The van der Waals surface area contributed by atoms with Gasteiger partial charge in [-0.3, -0.25) is 9.69 Å². The average molecular weight is 213 g/mol. The molecule has 1 saturated heterocycles. The van der Waals surface area contributed by atoms with Gasteiger partial charge in [0, 0.05) is 25.7 Å². The molecule has 0 saturated carbocycles. The van der Waals surface area contributed by atoms with E-state index in [1.807, 2.05) is 11.8 Å². The number of carbonyl (C=O) groups excluding carboxylic acids is 1. The van der Waals surface area contributed by atoms with Gasteiger partial charge in [0.05, 0.1) is 6.04 Å². The van der Waals surface area contributed by atoms with E-state index in [0.717, 1.165) is 32.6 Å². The fourth-order valence-corrected chi connectivity index (χ4v) is 2.07. The Balaban J connectivity index is 2.50. The van der Waals surface area contributed by atoms with Crippen LogP contribution in [-0.2, 0) is 4.79 Å². The summed E-state index contributed by atoms with van der Waals surface area (Å²) in [6.45, 7) is 9.95. The summed E-state index contributed by atoms with van der Waals surface area (Å²) in [4.78, 5) is 16.1. The van der Waals surface area contributed by atoms with Crippen molar-refractivity contribution < 1.29 is 4.79 Å². The highest BCUT2D eigenvalue weighted by Crippen LogP contribution is 2.10. The van der Waals surface area contributed by atoms with E-state index in [1.165, 1.54) is 0 Å². The molecule has 2 N–H and O–H groups in total. The lowest BCUT2D eigenvalue weighted by atomic mass is 10.1. The molecule has 1 amide bonds. The zero-order valence-electron chi connectivity index (χ0n) is 10.1. The van der Waals surface area contributed by atoms with Gasteiger partial charge in [-0.05, 0) is 19.9 Å². The molecule has 88 valence electrons. The minimum absolute atomic E-state index is 0.111. The van der Waals surface area contributed by atoms with Crippen molar-refractivity contribution in [3.05, 3.63) is 0 Å². The van der Waals surface area contributed by atoms with Crippen molar-refractivity contribution in [2.75, 3.05) is 26.2 Å². The summed E-state index contributed by atoms with van der Waals surface area (Å²) < 4.78 is 0. The SMILES string of the molecule is CCC(N)C(=O)N1CCN(CC)C(C)C1. The highest BCUT2D eigenvalue weighted by Gasteiger charge is 2.27. The molecule has 2 unspecified atom stereocenters. The van der Waals surface area contributed by atoms with Gasteiger partial charge in [-0.2, -0.15) is 0 Å². The molecule has 0 aliphatic carbocycles. The Hall–Kier alpha value is -0.610. The third-order valence-electron chi connectivity index (χ3n) is 3.24. The Morgan fingerprint density at radius 3 is 2.60 bits per heavy atom. The first-order chi connectivity index (χ1) is 7.10. The van der Waals surface area contributed by atoms with E-state index in [9.17, 15) is 4.79 Å². The van der Waals surface area contributed by atoms with E-state index in [0.29, 0.717) is 6.04 Å². The smallest absolute Gasteiger partial charge is 0.239 e. The van der Waals surface area contributed by atoms with Crippen LogP contribution in [0.4, 0.5) is 0 Å². The Bertz CT molecular complexity index is 220. The van der Waals surface area contributed by atoms with E-state index in [1.54, 1.807) is 0 Å². The van der Waals surface area contributed by atoms with Gasteiger partial charge >= 0.3 is 0 Å². The fraction of sp³-hybridized carbons (Fsp3) is 0.909. The molecular weight excluding hydrogens is 190 g/mol. The monoisotopic (exact) mass is 213 g/mol. The maximum Gasteiger partial charge on any atom is 0.239 e. The van der Waals surface area contributed by atoms with Crippen molar-refractivity contribution in [1.82, 2.24) is 9.80 Å². The van der Waals surface area contributed by atoms with Crippen LogP contribution in [0.25, 0.3) is 0 Å². The van der Waals surface area contributed by atoms with Gasteiger partial charge in [0.25, 0.3) is 0 Å². The molecule has 0 aromatic heterocycles. The first kappa shape index (κ1) is 12.5. The van der Waals surface area contributed by atoms with Gasteiger partial charge in [-0.15, -0.1) is 0 Å². The maximum absolute atomic E-state index is 11.9. The van der Waals surface area contributed by atoms with Crippen LogP contribution in [0.3, 0.4) is 0 Å². The van der Waals surface area contributed by atoms with Crippen molar-refractivity contribution in [3.8, 4) is 0 Å². The number of piperazine rings is 1. The average Bonchev–Trinajstić information content (AvgIpc) is 2.26. The molecule has 1 aliphatic heterocycles. The lowest BCUT2D eigenvalue weighted by Gasteiger charge is -2.40. The van der Waals surface area contributed by atoms with E-state index in [2.05, 4.69) is 18.7 Å². The van der Waals surface area contributed by atoms with Crippen molar-refractivity contribution in [2.45, 2.75) is 39.3 Å². The maximum atomic E-state index is 11.9. The Morgan fingerprint density at radius 2 is 2.13 bits per heavy atom. The standard InChI is InChI=1S/C11H23N3O/c1-4-10(12)11(15)14-7-6-13(5-2)9(3)8-14/h9-10H,4-8,12H2,1-3H3. The van der Waals surface area contributed by atoms with Crippen LogP contribution >= 0.6 is 0 Å². The second kappa shape index (κ2) is 5.47. The van der Waals surface area contributed by atoms with Crippen molar-refractivity contribution in [1.29, 1.82) is 0 Å². The highest BCUT2D eigenvalue weighted by atomic mass is 16.2. The van der Waals surface area contributed by atoms with E-state index < -0.39 is 0 Å². The van der Waals surface area contributed by atoms with Crippen LogP contribution < -0.4 is 5.73 Å². The second-order valence-corrected chi connectivity index (χ2v) is 4.28. The van der Waals surface area contributed by atoms with Crippen LogP contribution in [0.1, 0.15) is 27.2 Å². The number of likely N-dealkylation sites (N-methyl/N-ethyl adjacent to an activating group) is 1. The summed E-state index contributed by atoms with van der Waals surface area (Å²) in [5, 5.41) is 0. The molecule has 1 aliphatic rings. The van der Waals surface area contributed by atoms with Crippen LogP contribution in [0, 0.1) is 0 Å². The molecule has 2 atom stereocenters. The summed E-state index contributed by atoms with van der Waals surface area (Å²) >= 11 is 0. The molecule has 15 heavy (non-hydrogen) atoms. The quantitative estimate of drug-likeness (QED) is 0.732. The predicted octanol–water partition coefficient (Wildman–Crippen LogP) is 0.276. The van der Waals surface area contributed by atoms with Crippen molar-refractivity contribution >= 4 is 5.91 Å². The number of nitrogens with zero attached hydrogens (tertiary/aromatic N) is 2. The van der Waals surface area contributed by atoms with Crippen molar-refractivity contribution in [2.24, 2.45) is 5.73 Å². The summed E-state index contributed by atoms with van der Waals surface area (Å²) in [6, 6.07) is 0.141. The number of hydrogen-bond donors (Lipinski definition) is 1. The predicted molar refractivity (Wildman–Crippen MR) is 61.6 cm³/mol. The van der Waals surface area contributed by atoms with E-state index in [-0.39, 0.29) is 11.9 Å². The Kier molecular flexibility index (Phi) is 4.54. The van der Waals surface area contributed by atoms with Gasteiger partial charge in [0.1, 0.15) is 0 Å².